The third kappa shape index (κ3) is 6.39. The maximum absolute atomic E-state index is 12.8. The van der Waals surface area contributed by atoms with Gasteiger partial charge in [0.05, 0.1) is 26.8 Å². The zero-order chi connectivity index (χ0) is 22.5. The summed E-state index contributed by atoms with van der Waals surface area (Å²) in [6.45, 7) is 0. The average Bonchev–Trinajstić information content (AvgIpc) is 2.66. The fourth-order valence-electron chi connectivity index (χ4n) is 2.13. The van der Waals surface area contributed by atoms with E-state index in [1.54, 1.807) is 38.4 Å². The van der Waals surface area contributed by atoms with Crippen LogP contribution < -0.4 is 5.32 Å². The average molecular weight is 459 g/mol. The Hall–Kier alpha value is -2.73. The second kappa shape index (κ2) is 9.85. The molecule has 2 amide bonds. The number of para-hydroxylation sites is 1. The van der Waals surface area contributed by atoms with Crippen molar-refractivity contribution in [1.82, 2.24) is 4.90 Å². The largest absolute Gasteiger partial charge is 0.416 e. The molecule has 0 aromatic heterocycles. The molecule has 1 N–H and O–H groups in total. The van der Waals surface area contributed by atoms with Crippen LogP contribution in [0.1, 0.15) is 5.56 Å². The zero-order valence-electron chi connectivity index (χ0n) is 15.7. The van der Waals surface area contributed by atoms with Crippen LogP contribution in [0.5, 0.6) is 0 Å². The first-order valence-corrected chi connectivity index (χ1v) is 10.1. The van der Waals surface area contributed by atoms with E-state index in [1.165, 1.54) is 4.90 Å². The number of alkyl halides is 3. The number of anilines is 1. The number of carbonyl (C=O) groups excluding carboxylic acids is 2. The highest BCUT2D eigenvalue weighted by molar-refractivity contribution is 8.13. The van der Waals surface area contributed by atoms with Crippen molar-refractivity contribution in [2.24, 2.45) is 0 Å². The van der Waals surface area contributed by atoms with E-state index in [4.69, 9.17) is 0 Å². The van der Waals surface area contributed by atoms with Gasteiger partial charge >= 0.3 is 6.18 Å². The first-order chi connectivity index (χ1) is 14.0. The van der Waals surface area contributed by atoms with Crippen LogP contribution in [0.15, 0.2) is 52.3 Å². The second-order valence-electron chi connectivity index (χ2n) is 6.03. The molecule has 2 aromatic rings. The van der Waals surface area contributed by atoms with Gasteiger partial charge in [-0.25, -0.2) is 0 Å². The molecule has 0 aliphatic rings. The number of carbonyl (C=O) groups is 2. The summed E-state index contributed by atoms with van der Waals surface area (Å²) in [5.74, 6) is -0.799. The van der Waals surface area contributed by atoms with Gasteiger partial charge in [0.15, 0.2) is 0 Å². The van der Waals surface area contributed by atoms with E-state index in [0.717, 1.165) is 35.7 Å². The summed E-state index contributed by atoms with van der Waals surface area (Å²) < 4.78 is 38.3. The molecule has 0 unspecified atom stereocenters. The third-order valence-corrected chi connectivity index (χ3v) is 5.74. The van der Waals surface area contributed by atoms with Crippen LogP contribution in [0, 0.1) is 10.1 Å². The Morgan fingerprint density at radius 3 is 2.40 bits per heavy atom. The van der Waals surface area contributed by atoms with E-state index in [9.17, 15) is 32.9 Å². The minimum absolute atomic E-state index is 0.0615. The van der Waals surface area contributed by atoms with Crippen molar-refractivity contribution in [3.63, 3.8) is 0 Å². The Bertz CT molecular complexity index is 968. The van der Waals surface area contributed by atoms with Gasteiger partial charge in [-0.15, -0.1) is 11.8 Å². The molecule has 0 atom stereocenters. The van der Waals surface area contributed by atoms with Crippen LogP contribution in [0.25, 0.3) is 0 Å². The minimum atomic E-state index is -4.71. The SMILES string of the molecule is CN(C)C(=O)Sc1ccccc1NC(=O)CSc1ccc(C(F)(F)F)cc1[N+](=O)[O-]. The number of benzene rings is 2. The first kappa shape index (κ1) is 23.5. The highest BCUT2D eigenvalue weighted by Crippen LogP contribution is 2.36. The van der Waals surface area contributed by atoms with Gasteiger partial charge in [0.25, 0.3) is 10.9 Å². The molecular weight excluding hydrogens is 443 g/mol. The summed E-state index contributed by atoms with van der Waals surface area (Å²) in [6.07, 6.45) is -4.71. The molecule has 0 bridgehead atoms. The monoisotopic (exact) mass is 459 g/mol. The van der Waals surface area contributed by atoms with Gasteiger partial charge in [-0.3, -0.25) is 19.7 Å². The highest BCUT2D eigenvalue weighted by Gasteiger charge is 2.33. The molecule has 12 heteroatoms. The highest BCUT2D eigenvalue weighted by atomic mass is 32.2. The van der Waals surface area contributed by atoms with Crippen LogP contribution in [-0.4, -0.2) is 40.8 Å². The Morgan fingerprint density at radius 1 is 1.13 bits per heavy atom. The summed E-state index contributed by atoms with van der Waals surface area (Å²) in [4.78, 5) is 36.2. The summed E-state index contributed by atoms with van der Waals surface area (Å²) in [6, 6.07) is 8.74. The van der Waals surface area contributed by atoms with Gasteiger partial charge in [-0.1, -0.05) is 12.1 Å². The van der Waals surface area contributed by atoms with Crippen LogP contribution in [0.2, 0.25) is 0 Å². The fourth-order valence-corrected chi connectivity index (χ4v) is 3.68. The molecule has 2 rings (SSSR count). The van der Waals surface area contributed by atoms with E-state index in [0.29, 0.717) is 16.6 Å². The number of nitrogens with zero attached hydrogens (tertiary/aromatic N) is 2. The molecule has 0 radical (unpaired) electrons. The van der Waals surface area contributed by atoms with Gasteiger partial charge in [-0.05, 0) is 36.0 Å². The minimum Gasteiger partial charge on any atom is -0.339 e. The molecule has 0 aliphatic heterocycles. The Balaban J connectivity index is 2.11. The predicted molar refractivity (Wildman–Crippen MR) is 109 cm³/mol. The number of nitro benzene ring substituents is 1. The lowest BCUT2D eigenvalue weighted by Gasteiger charge is -2.13. The zero-order valence-corrected chi connectivity index (χ0v) is 17.4. The van der Waals surface area contributed by atoms with Gasteiger partial charge in [-0.2, -0.15) is 13.2 Å². The molecule has 0 heterocycles. The fraction of sp³-hybridized carbons (Fsp3) is 0.222. The summed E-state index contributed by atoms with van der Waals surface area (Å²) in [5, 5.41) is 13.5. The normalized spacial score (nSPS) is 11.1. The van der Waals surface area contributed by atoms with Crippen molar-refractivity contribution in [2.75, 3.05) is 25.2 Å². The van der Waals surface area contributed by atoms with Crippen molar-refractivity contribution in [2.45, 2.75) is 16.0 Å². The van der Waals surface area contributed by atoms with Crippen molar-refractivity contribution >= 4 is 46.0 Å². The molecule has 2 aromatic carbocycles. The number of hydrogen-bond acceptors (Lipinski definition) is 6. The molecule has 0 saturated heterocycles. The molecule has 0 spiro atoms. The maximum Gasteiger partial charge on any atom is 0.416 e. The third-order valence-electron chi connectivity index (χ3n) is 3.57. The van der Waals surface area contributed by atoms with Crippen molar-refractivity contribution in [3.05, 3.63) is 58.1 Å². The molecule has 30 heavy (non-hydrogen) atoms. The topological polar surface area (TPSA) is 92.6 Å². The van der Waals surface area contributed by atoms with E-state index in [1.807, 2.05) is 0 Å². The molecular formula is C18H16F3N3O4S2. The van der Waals surface area contributed by atoms with E-state index in [2.05, 4.69) is 5.32 Å². The van der Waals surface area contributed by atoms with E-state index >= 15 is 0 Å². The Morgan fingerprint density at radius 2 is 1.80 bits per heavy atom. The quantitative estimate of drug-likeness (QED) is 0.366. The van der Waals surface area contributed by atoms with Crippen molar-refractivity contribution < 1.29 is 27.7 Å². The smallest absolute Gasteiger partial charge is 0.339 e. The number of amides is 2. The maximum atomic E-state index is 12.8. The Labute approximate surface area is 178 Å². The predicted octanol–water partition coefficient (Wildman–Crippen LogP) is 5.12. The molecule has 7 nitrogen and oxygen atoms in total. The van der Waals surface area contributed by atoms with Crippen molar-refractivity contribution in [3.8, 4) is 0 Å². The van der Waals surface area contributed by atoms with Gasteiger partial charge in [0.1, 0.15) is 0 Å². The summed E-state index contributed by atoms with van der Waals surface area (Å²) in [5.41, 5.74) is -1.49. The summed E-state index contributed by atoms with van der Waals surface area (Å²) in [7, 11) is 3.17. The van der Waals surface area contributed by atoms with Crippen molar-refractivity contribution in [1.29, 1.82) is 0 Å². The lowest BCUT2D eigenvalue weighted by atomic mass is 10.2. The van der Waals surface area contributed by atoms with Gasteiger partial charge < -0.3 is 10.2 Å². The van der Waals surface area contributed by atoms with E-state index in [-0.39, 0.29) is 15.9 Å². The molecule has 0 aliphatic carbocycles. The van der Waals surface area contributed by atoms with Crippen LogP contribution in [-0.2, 0) is 11.0 Å². The van der Waals surface area contributed by atoms with E-state index < -0.39 is 28.3 Å². The molecule has 0 saturated carbocycles. The number of nitro groups is 1. The lowest BCUT2D eigenvalue weighted by Crippen LogP contribution is -2.17. The van der Waals surface area contributed by atoms with Crippen LogP contribution in [0.3, 0.4) is 0 Å². The number of rotatable bonds is 6. The first-order valence-electron chi connectivity index (χ1n) is 8.25. The van der Waals surface area contributed by atoms with Crippen LogP contribution >= 0.6 is 23.5 Å². The number of nitrogens with one attached hydrogen (secondary N) is 1. The number of thioether (sulfide) groups is 2. The second-order valence-corrected chi connectivity index (χ2v) is 8.04. The van der Waals surface area contributed by atoms with Gasteiger partial charge in [0, 0.05) is 25.1 Å². The van der Waals surface area contributed by atoms with Crippen LogP contribution in [0.4, 0.5) is 29.3 Å². The number of hydrogen-bond donors (Lipinski definition) is 1. The van der Waals surface area contributed by atoms with Gasteiger partial charge in [0.2, 0.25) is 5.91 Å². The Kier molecular flexibility index (Phi) is 7.73. The number of halogens is 3. The summed E-state index contributed by atoms with van der Waals surface area (Å²) >= 11 is 1.66. The lowest BCUT2D eigenvalue weighted by molar-refractivity contribution is -0.388. The molecule has 0 fully saturated rings. The molecule has 160 valence electrons. The standard InChI is InChI=1S/C18H16F3N3O4S2/c1-23(2)17(26)30-14-6-4-3-5-12(14)22-16(25)10-29-15-8-7-11(18(19,20)21)9-13(15)24(27)28/h3-9H,10H2,1-2H3,(H,22,25).